The molecule has 1 saturated carbocycles. The monoisotopic (exact) mass is 552 g/mol. The lowest BCUT2D eigenvalue weighted by Gasteiger charge is -2.34. The van der Waals surface area contributed by atoms with Crippen molar-refractivity contribution in [1.82, 2.24) is 4.90 Å². The number of alkyl halides is 1. The molecule has 1 fully saturated rings. The average Bonchev–Trinajstić information content (AvgIpc) is 3.30. The molecule has 2 amide bonds. The van der Waals surface area contributed by atoms with E-state index in [1.807, 2.05) is 50.8 Å². The maximum absolute atomic E-state index is 13.2. The summed E-state index contributed by atoms with van der Waals surface area (Å²) in [4.78, 5) is 28.1. The zero-order chi connectivity index (χ0) is 29.4. The van der Waals surface area contributed by atoms with Crippen molar-refractivity contribution in [1.29, 1.82) is 0 Å². The van der Waals surface area contributed by atoms with E-state index in [4.69, 9.17) is 4.74 Å². The Kier molecular flexibility index (Phi) is 11.2. The fourth-order valence-corrected chi connectivity index (χ4v) is 5.96. The minimum Gasteiger partial charge on any atom is -0.496 e. The summed E-state index contributed by atoms with van der Waals surface area (Å²) in [6.45, 7) is 12.7. The van der Waals surface area contributed by atoms with Crippen molar-refractivity contribution < 1.29 is 18.7 Å². The number of ether oxygens (including phenoxy) is 1. The Hall–Kier alpha value is -2.89. The third kappa shape index (κ3) is 7.44. The molecule has 0 radical (unpaired) electrons. The second-order valence-corrected chi connectivity index (χ2v) is 11.5. The molecule has 2 aromatic rings. The smallest absolute Gasteiger partial charge is 0.254 e. The highest BCUT2D eigenvalue weighted by atomic mass is 19.1. The van der Waals surface area contributed by atoms with Crippen LogP contribution in [-0.4, -0.2) is 35.5 Å². The molecule has 1 aliphatic carbocycles. The molecule has 2 aliphatic rings. The largest absolute Gasteiger partial charge is 0.496 e. The molecule has 6 heteroatoms. The predicted octanol–water partition coefficient (Wildman–Crippen LogP) is 8.34. The minimum absolute atomic E-state index is 0.0171. The van der Waals surface area contributed by atoms with Crippen LogP contribution in [0.4, 0.5) is 10.1 Å². The van der Waals surface area contributed by atoms with Crippen LogP contribution in [0.3, 0.4) is 0 Å². The lowest BCUT2D eigenvalue weighted by atomic mass is 9.84. The van der Waals surface area contributed by atoms with Crippen molar-refractivity contribution in [3.8, 4) is 5.75 Å². The molecule has 220 valence electrons. The molecule has 0 unspecified atom stereocenters. The Morgan fingerprint density at radius 1 is 1.00 bits per heavy atom. The molecule has 1 N–H and O–H groups in total. The first-order chi connectivity index (χ1) is 19.1. The molecule has 0 aromatic heterocycles. The number of hydrogen-bond donors (Lipinski definition) is 1. The number of carbonyl (C=O) groups is 2. The second kappa shape index (κ2) is 14.1. The van der Waals surface area contributed by atoms with E-state index in [0.717, 1.165) is 61.1 Å². The predicted molar refractivity (Wildman–Crippen MR) is 162 cm³/mol. The van der Waals surface area contributed by atoms with Crippen molar-refractivity contribution >= 4 is 17.5 Å². The number of anilines is 1. The van der Waals surface area contributed by atoms with Gasteiger partial charge >= 0.3 is 0 Å². The first kappa shape index (κ1) is 31.6. The van der Waals surface area contributed by atoms with Crippen LogP contribution in [0.1, 0.15) is 112 Å². The van der Waals surface area contributed by atoms with Crippen LogP contribution in [-0.2, 0) is 17.8 Å². The molecule has 40 heavy (non-hydrogen) atoms. The van der Waals surface area contributed by atoms with Gasteiger partial charge < -0.3 is 15.0 Å². The lowest BCUT2D eigenvalue weighted by molar-refractivity contribution is -0.121. The third-order valence-corrected chi connectivity index (χ3v) is 8.98. The molecule has 1 heterocycles. The third-order valence-electron chi connectivity index (χ3n) is 8.98. The Labute approximate surface area is 240 Å². The molecule has 0 spiro atoms. The van der Waals surface area contributed by atoms with Gasteiger partial charge in [0, 0.05) is 35.8 Å². The van der Waals surface area contributed by atoms with Gasteiger partial charge in [0.1, 0.15) is 11.4 Å². The van der Waals surface area contributed by atoms with Crippen LogP contribution < -0.4 is 10.1 Å². The number of amides is 2. The number of halogens is 1. The molecular formula is C34H49FN2O3. The van der Waals surface area contributed by atoms with Gasteiger partial charge in [0.15, 0.2) is 0 Å². The van der Waals surface area contributed by atoms with Gasteiger partial charge in [-0.25, -0.2) is 4.39 Å². The number of aryl methyl sites for hydroxylation is 3. The van der Waals surface area contributed by atoms with Gasteiger partial charge in [0.05, 0.1) is 7.11 Å². The van der Waals surface area contributed by atoms with E-state index in [1.54, 1.807) is 7.11 Å². The Bertz CT molecular complexity index is 1160. The average molecular weight is 553 g/mol. The quantitative estimate of drug-likeness (QED) is 0.340. The van der Waals surface area contributed by atoms with Crippen LogP contribution >= 0.6 is 0 Å². The van der Waals surface area contributed by atoms with Gasteiger partial charge in [0.2, 0.25) is 5.91 Å². The van der Waals surface area contributed by atoms with Crippen LogP contribution in [0.5, 0.6) is 5.75 Å². The van der Waals surface area contributed by atoms with Gasteiger partial charge in [-0.05, 0) is 99.6 Å². The van der Waals surface area contributed by atoms with E-state index in [9.17, 15) is 14.0 Å². The highest BCUT2D eigenvalue weighted by Crippen LogP contribution is 2.35. The van der Waals surface area contributed by atoms with E-state index < -0.39 is 5.67 Å². The second-order valence-electron chi connectivity index (χ2n) is 11.5. The Morgan fingerprint density at radius 2 is 1.65 bits per heavy atom. The number of benzene rings is 2. The van der Waals surface area contributed by atoms with Crippen LogP contribution in [0.2, 0.25) is 0 Å². The van der Waals surface area contributed by atoms with Gasteiger partial charge in [-0.2, -0.15) is 0 Å². The van der Waals surface area contributed by atoms with Gasteiger partial charge in [0.25, 0.3) is 5.91 Å². The lowest BCUT2D eigenvalue weighted by Crippen LogP contribution is -2.40. The van der Waals surface area contributed by atoms with Crippen LogP contribution in [0.25, 0.3) is 0 Å². The van der Waals surface area contributed by atoms with Crippen molar-refractivity contribution in [2.24, 2.45) is 5.92 Å². The SMILES string of the molecule is CCC(F)(CC)CC.CCCc1cc(C)c2c(c1)C(=O)N(C1CCC(C(=O)Nc3ccc(C)c(OC)c3)CC1)C2. The van der Waals surface area contributed by atoms with E-state index in [0.29, 0.717) is 25.8 Å². The van der Waals surface area contributed by atoms with Crippen molar-refractivity contribution in [2.45, 2.75) is 118 Å². The molecular weight excluding hydrogens is 503 g/mol. The number of rotatable bonds is 9. The number of nitrogens with one attached hydrogen (secondary N) is 1. The number of fused-ring (bicyclic) bond motifs is 1. The van der Waals surface area contributed by atoms with Crippen molar-refractivity contribution in [3.63, 3.8) is 0 Å². The minimum atomic E-state index is -0.875. The summed E-state index contributed by atoms with van der Waals surface area (Å²) >= 11 is 0. The van der Waals surface area contributed by atoms with Crippen LogP contribution in [0, 0.1) is 19.8 Å². The highest BCUT2D eigenvalue weighted by molar-refractivity contribution is 5.99. The normalized spacial score (nSPS) is 18.6. The Morgan fingerprint density at radius 3 is 2.20 bits per heavy atom. The van der Waals surface area contributed by atoms with Crippen LogP contribution in [0.15, 0.2) is 30.3 Å². The summed E-state index contributed by atoms with van der Waals surface area (Å²) in [5.41, 5.74) is 5.49. The summed E-state index contributed by atoms with van der Waals surface area (Å²) in [7, 11) is 1.64. The van der Waals surface area contributed by atoms with Crippen molar-refractivity contribution in [2.75, 3.05) is 12.4 Å². The van der Waals surface area contributed by atoms with E-state index in [1.165, 1.54) is 16.7 Å². The standard InChI is InChI=1S/C27H34N2O3.C7H15F/c1-5-6-19-13-18(3)24-16-29(27(31)23(24)14-19)22-11-8-20(9-12-22)26(30)28-21-10-7-17(2)25(15-21)32-4;1-4-7(8,5-2)6-3/h7,10,13-15,20,22H,5-6,8-9,11-12,16H2,1-4H3,(H,28,30);4-6H2,1-3H3. The summed E-state index contributed by atoms with van der Waals surface area (Å²) in [5, 5.41) is 3.05. The molecule has 1 aliphatic heterocycles. The van der Waals surface area contributed by atoms with Gasteiger partial charge in [-0.15, -0.1) is 0 Å². The maximum Gasteiger partial charge on any atom is 0.254 e. The van der Waals surface area contributed by atoms with Gasteiger partial charge in [-0.1, -0.05) is 46.2 Å². The summed E-state index contributed by atoms with van der Waals surface area (Å²) in [6.07, 6.45) is 7.40. The summed E-state index contributed by atoms with van der Waals surface area (Å²) in [5.74, 6) is 0.985. The molecule has 0 bridgehead atoms. The first-order valence-electron chi connectivity index (χ1n) is 15.2. The number of nitrogens with zero attached hydrogens (tertiary/aromatic N) is 1. The van der Waals surface area contributed by atoms with E-state index in [2.05, 4.69) is 31.3 Å². The van der Waals surface area contributed by atoms with E-state index in [-0.39, 0.29) is 23.8 Å². The summed E-state index contributed by atoms with van der Waals surface area (Å²) < 4.78 is 18.3. The van der Waals surface area contributed by atoms with Crippen molar-refractivity contribution in [3.05, 3.63) is 58.1 Å². The maximum atomic E-state index is 13.2. The molecule has 5 nitrogen and oxygen atoms in total. The summed E-state index contributed by atoms with van der Waals surface area (Å²) in [6, 6.07) is 10.3. The fraction of sp³-hybridized carbons (Fsp3) is 0.588. The molecule has 0 saturated heterocycles. The zero-order valence-electron chi connectivity index (χ0n) is 25.7. The zero-order valence-corrected chi connectivity index (χ0v) is 25.7. The fourth-order valence-electron chi connectivity index (χ4n) is 5.96. The first-order valence-corrected chi connectivity index (χ1v) is 15.2. The Balaban J connectivity index is 0.000000482. The molecule has 2 aromatic carbocycles. The number of methoxy groups -OCH3 is 1. The molecule has 4 rings (SSSR count). The van der Waals surface area contributed by atoms with Gasteiger partial charge in [-0.3, -0.25) is 9.59 Å². The highest BCUT2D eigenvalue weighted by Gasteiger charge is 2.37. The number of hydrogen-bond acceptors (Lipinski definition) is 3. The molecule has 0 atom stereocenters. The number of carbonyl (C=O) groups excluding carboxylic acids is 2. The topological polar surface area (TPSA) is 58.6 Å². The van der Waals surface area contributed by atoms with E-state index >= 15 is 0 Å².